The lowest BCUT2D eigenvalue weighted by molar-refractivity contribution is -0.870. The molecular formula is C46H82NO8+. The van der Waals surface area contributed by atoms with Gasteiger partial charge in [0, 0.05) is 12.8 Å². The van der Waals surface area contributed by atoms with Gasteiger partial charge in [-0.05, 0) is 70.6 Å². The molecule has 0 spiro atoms. The molecule has 9 nitrogen and oxygen atoms in total. The van der Waals surface area contributed by atoms with E-state index in [4.69, 9.17) is 18.9 Å². The molecule has 0 aliphatic heterocycles. The molecule has 0 aromatic heterocycles. The number of carboxylic acids is 1. The molecule has 0 saturated carbocycles. The van der Waals surface area contributed by atoms with Gasteiger partial charge >= 0.3 is 17.9 Å². The normalized spacial score (nSPS) is 13.4. The van der Waals surface area contributed by atoms with E-state index in [1.165, 1.54) is 70.6 Å². The summed E-state index contributed by atoms with van der Waals surface area (Å²) < 4.78 is 22.7. The summed E-state index contributed by atoms with van der Waals surface area (Å²) in [6, 6.07) is 0. The third-order valence-corrected chi connectivity index (χ3v) is 9.07. The fraction of sp³-hybridized carbons (Fsp3) is 0.761. The van der Waals surface area contributed by atoms with Crippen molar-refractivity contribution < 1.29 is 42.9 Å². The highest BCUT2D eigenvalue weighted by Gasteiger charge is 2.25. The molecule has 0 radical (unpaired) electrons. The van der Waals surface area contributed by atoms with E-state index in [-0.39, 0.29) is 38.6 Å². The van der Waals surface area contributed by atoms with E-state index in [9.17, 15) is 19.5 Å². The molecule has 0 aliphatic carbocycles. The molecule has 0 bridgehead atoms. The number of quaternary nitrogens is 1. The minimum atomic E-state index is -1.52. The summed E-state index contributed by atoms with van der Waals surface area (Å²) in [5.74, 6) is -2.06. The van der Waals surface area contributed by atoms with Gasteiger partial charge in [-0.1, -0.05) is 133 Å². The highest BCUT2D eigenvalue weighted by Crippen LogP contribution is 2.13. The van der Waals surface area contributed by atoms with Crippen molar-refractivity contribution in [1.82, 2.24) is 0 Å². The first-order valence-electron chi connectivity index (χ1n) is 21.8. The van der Waals surface area contributed by atoms with Gasteiger partial charge in [0.1, 0.15) is 13.2 Å². The first-order chi connectivity index (χ1) is 26.6. The van der Waals surface area contributed by atoms with Crippen LogP contribution in [0.1, 0.15) is 168 Å². The number of likely N-dealkylation sites (N-methyl/N-ethyl adjacent to an activating group) is 1. The number of esters is 2. The van der Waals surface area contributed by atoms with E-state index in [1.54, 1.807) is 0 Å². The number of rotatable bonds is 39. The Morgan fingerprint density at radius 3 is 1.58 bits per heavy atom. The van der Waals surface area contributed by atoms with Crippen LogP contribution in [0.25, 0.3) is 0 Å². The van der Waals surface area contributed by atoms with Crippen LogP contribution >= 0.6 is 0 Å². The number of carboxylic acid groups (broad SMARTS) is 1. The zero-order chi connectivity index (χ0) is 40.7. The molecule has 2 atom stereocenters. The summed E-state index contributed by atoms with van der Waals surface area (Å²) in [6.07, 6.45) is 40.3. The molecule has 0 rings (SSSR count). The fourth-order valence-electron chi connectivity index (χ4n) is 5.67. The predicted molar refractivity (Wildman–Crippen MR) is 226 cm³/mol. The number of unbranched alkanes of at least 4 members (excludes halogenated alkanes) is 16. The SMILES string of the molecule is CC/C=C\C/C=C\C/C=C\CCCCCC(=O)OC(COC(=O)CCCCCCCCC/C=C\CCCCCCCC)COC(OCC[N+](C)(C)C)C(=O)O. The topological polar surface area (TPSA) is 108 Å². The van der Waals surface area contributed by atoms with Gasteiger partial charge in [-0.3, -0.25) is 9.59 Å². The molecule has 0 fully saturated rings. The van der Waals surface area contributed by atoms with Crippen LogP contribution in [0.5, 0.6) is 0 Å². The Balaban J connectivity index is 4.48. The summed E-state index contributed by atoms with van der Waals surface area (Å²) in [6.45, 7) is 4.70. The van der Waals surface area contributed by atoms with Gasteiger partial charge in [-0.25, -0.2) is 4.79 Å². The average Bonchev–Trinajstić information content (AvgIpc) is 3.14. The quantitative estimate of drug-likeness (QED) is 0.0216. The second-order valence-corrected chi connectivity index (χ2v) is 15.6. The van der Waals surface area contributed by atoms with Crippen molar-refractivity contribution in [3.8, 4) is 0 Å². The lowest BCUT2D eigenvalue weighted by Gasteiger charge is -2.25. The Hall–Kier alpha value is -2.75. The predicted octanol–water partition coefficient (Wildman–Crippen LogP) is 11.2. The molecule has 1 N–H and O–H groups in total. The van der Waals surface area contributed by atoms with Gasteiger partial charge in [-0.15, -0.1) is 0 Å². The van der Waals surface area contributed by atoms with Crippen molar-refractivity contribution in [2.75, 3.05) is 47.5 Å². The molecule has 318 valence electrons. The molecule has 55 heavy (non-hydrogen) atoms. The van der Waals surface area contributed by atoms with E-state index in [2.05, 4.69) is 62.5 Å². The number of ether oxygens (including phenoxy) is 4. The van der Waals surface area contributed by atoms with Crippen LogP contribution in [0, 0.1) is 0 Å². The maximum absolute atomic E-state index is 12.7. The van der Waals surface area contributed by atoms with Crippen LogP contribution in [-0.2, 0) is 33.3 Å². The Kier molecular flexibility index (Phi) is 36.2. The van der Waals surface area contributed by atoms with Gasteiger partial charge in [-0.2, -0.15) is 0 Å². The second kappa shape index (κ2) is 38.1. The summed E-state index contributed by atoms with van der Waals surface area (Å²) in [5.41, 5.74) is 0. The largest absolute Gasteiger partial charge is 0.477 e. The number of allylic oxidation sites excluding steroid dienone is 8. The molecule has 0 amide bonds. The maximum Gasteiger partial charge on any atom is 0.361 e. The van der Waals surface area contributed by atoms with Gasteiger partial charge in [0.05, 0.1) is 34.4 Å². The smallest absolute Gasteiger partial charge is 0.361 e. The summed E-state index contributed by atoms with van der Waals surface area (Å²) in [7, 11) is 5.93. The first kappa shape index (κ1) is 52.2. The van der Waals surface area contributed by atoms with E-state index >= 15 is 0 Å². The minimum Gasteiger partial charge on any atom is -0.477 e. The van der Waals surface area contributed by atoms with E-state index in [0.717, 1.165) is 64.2 Å². The van der Waals surface area contributed by atoms with Crippen molar-refractivity contribution >= 4 is 17.9 Å². The van der Waals surface area contributed by atoms with E-state index in [0.29, 0.717) is 17.4 Å². The molecule has 0 aromatic carbocycles. The van der Waals surface area contributed by atoms with E-state index < -0.39 is 24.3 Å². The molecule has 0 saturated heterocycles. The molecule has 0 aromatic rings. The zero-order valence-electron chi connectivity index (χ0n) is 35.8. The zero-order valence-corrected chi connectivity index (χ0v) is 35.8. The van der Waals surface area contributed by atoms with Crippen molar-refractivity contribution in [2.45, 2.75) is 180 Å². The summed E-state index contributed by atoms with van der Waals surface area (Å²) in [5, 5.41) is 9.62. The first-order valence-corrected chi connectivity index (χ1v) is 21.8. The Labute approximate surface area is 336 Å². The third kappa shape index (κ3) is 39.3. The summed E-state index contributed by atoms with van der Waals surface area (Å²) >= 11 is 0. The van der Waals surface area contributed by atoms with E-state index in [1.807, 2.05) is 21.1 Å². The van der Waals surface area contributed by atoms with Crippen molar-refractivity contribution in [3.63, 3.8) is 0 Å². The second-order valence-electron chi connectivity index (χ2n) is 15.6. The Bertz CT molecular complexity index is 1050. The van der Waals surface area contributed by atoms with Crippen molar-refractivity contribution in [2.24, 2.45) is 0 Å². The molecule has 0 aliphatic rings. The number of carbonyl (C=O) groups excluding carboxylic acids is 2. The van der Waals surface area contributed by atoms with Gasteiger partial charge in [0.25, 0.3) is 6.29 Å². The molecule has 9 heteroatoms. The number of hydrogen-bond donors (Lipinski definition) is 1. The van der Waals surface area contributed by atoms with Crippen molar-refractivity contribution in [3.05, 3.63) is 48.6 Å². The highest BCUT2D eigenvalue weighted by molar-refractivity contribution is 5.71. The minimum absolute atomic E-state index is 0.180. The van der Waals surface area contributed by atoms with Gasteiger partial charge < -0.3 is 28.5 Å². The number of hydrogen-bond acceptors (Lipinski definition) is 7. The molecule has 0 heterocycles. The number of carbonyl (C=O) groups is 3. The van der Waals surface area contributed by atoms with Crippen molar-refractivity contribution in [1.29, 1.82) is 0 Å². The monoisotopic (exact) mass is 777 g/mol. The Morgan fingerprint density at radius 2 is 1.04 bits per heavy atom. The van der Waals surface area contributed by atoms with Crippen LogP contribution in [-0.4, -0.2) is 87.4 Å². The lowest BCUT2D eigenvalue weighted by atomic mass is 10.1. The standard InChI is InChI=1S/C46H81NO8/c1-6-8-10-12-14-16-18-20-21-22-23-25-26-28-30-32-34-36-43(48)53-40-42(41-54-46(45(50)51)52-39-38-47(3,4)5)55-44(49)37-35-33-31-29-27-24-19-17-15-13-11-9-7-2/h9,11,15,17,20-21,24,27,42,46H,6-8,10,12-14,16,18-19,22-23,25-26,28-41H2,1-5H3/p+1/b11-9-,17-15-,21-20-,27-24-. The van der Waals surface area contributed by atoms with Crippen LogP contribution in [0.15, 0.2) is 48.6 Å². The fourth-order valence-corrected chi connectivity index (χ4v) is 5.67. The number of aliphatic carboxylic acids is 1. The van der Waals surface area contributed by atoms with Crippen LogP contribution in [0.3, 0.4) is 0 Å². The molecule has 2 unspecified atom stereocenters. The lowest BCUT2D eigenvalue weighted by Crippen LogP contribution is -2.40. The maximum atomic E-state index is 12.7. The highest BCUT2D eigenvalue weighted by atomic mass is 16.7. The van der Waals surface area contributed by atoms with Crippen LogP contribution < -0.4 is 0 Å². The van der Waals surface area contributed by atoms with Gasteiger partial charge in [0.15, 0.2) is 6.10 Å². The van der Waals surface area contributed by atoms with Crippen LogP contribution in [0.2, 0.25) is 0 Å². The third-order valence-electron chi connectivity index (χ3n) is 9.07. The molecular weight excluding hydrogens is 695 g/mol. The Morgan fingerprint density at radius 1 is 0.564 bits per heavy atom. The number of nitrogens with zero attached hydrogens (tertiary/aromatic N) is 1. The summed E-state index contributed by atoms with van der Waals surface area (Å²) in [4.78, 5) is 37.0. The average molecular weight is 777 g/mol. The van der Waals surface area contributed by atoms with Gasteiger partial charge in [0.2, 0.25) is 0 Å². The van der Waals surface area contributed by atoms with Crippen LogP contribution in [0.4, 0.5) is 0 Å².